The smallest absolute Gasteiger partial charge is 0.246 e. The number of nitrogens with zero attached hydrogens (tertiary/aromatic N) is 3. The summed E-state index contributed by atoms with van der Waals surface area (Å²) >= 11 is 0. The zero-order valence-corrected chi connectivity index (χ0v) is 10.8. The highest BCUT2D eigenvalue weighted by Crippen LogP contribution is 2.15. The van der Waals surface area contributed by atoms with Gasteiger partial charge in [0.15, 0.2) is 0 Å². The van der Waals surface area contributed by atoms with Gasteiger partial charge in [0.05, 0.1) is 11.9 Å². The van der Waals surface area contributed by atoms with E-state index in [-0.39, 0.29) is 12.5 Å². The molecule has 5 heteroatoms. The average molecular weight is 244 g/mol. The Bertz CT molecular complexity index is 574. The van der Waals surface area contributed by atoms with Gasteiger partial charge in [-0.3, -0.25) is 4.79 Å². The van der Waals surface area contributed by atoms with E-state index in [1.165, 1.54) is 5.56 Å². The first-order chi connectivity index (χ1) is 8.56. The molecule has 18 heavy (non-hydrogen) atoms. The number of nitrogens with one attached hydrogen (secondary N) is 1. The summed E-state index contributed by atoms with van der Waals surface area (Å²) in [6, 6.07) is 5.93. The summed E-state index contributed by atoms with van der Waals surface area (Å²) in [5, 5.41) is 10.5. The van der Waals surface area contributed by atoms with Crippen LogP contribution in [0.1, 0.15) is 16.8 Å². The highest BCUT2D eigenvalue weighted by atomic mass is 16.2. The quantitative estimate of drug-likeness (QED) is 0.896. The van der Waals surface area contributed by atoms with Gasteiger partial charge in [0.25, 0.3) is 0 Å². The van der Waals surface area contributed by atoms with E-state index in [0.29, 0.717) is 0 Å². The van der Waals surface area contributed by atoms with Crippen LogP contribution in [0.25, 0.3) is 0 Å². The minimum absolute atomic E-state index is 0.101. The largest absolute Gasteiger partial charge is 0.324 e. The number of carbonyl (C=O) groups excluding carboxylic acids is 1. The Morgan fingerprint density at radius 2 is 2.11 bits per heavy atom. The minimum Gasteiger partial charge on any atom is -0.324 e. The van der Waals surface area contributed by atoms with Crippen LogP contribution >= 0.6 is 0 Å². The lowest BCUT2D eigenvalue weighted by Gasteiger charge is -2.09. The van der Waals surface area contributed by atoms with Gasteiger partial charge in [0.2, 0.25) is 5.91 Å². The van der Waals surface area contributed by atoms with E-state index in [9.17, 15) is 4.79 Å². The topological polar surface area (TPSA) is 59.8 Å². The zero-order valence-electron chi connectivity index (χ0n) is 10.8. The summed E-state index contributed by atoms with van der Waals surface area (Å²) in [7, 11) is 0. The molecule has 0 radical (unpaired) electrons. The molecule has 2 aromatic rings. The van der Waals surface area contributed by atoms with Crippen molar-refractivity contribution in [1.29, 1.82) is 0 Å². The molecule has 0 fully saturated rings. The lowest BCUT2D eigenvalue weighted by atomic mass is 10.1. The SMILES string of the molecule is Cc1ccc(NC(=O)Cn2nncc2C)c(C)c1. The molecule has 0 atom stereocenters. The van der Waals surface area contributed by atoms with Crippen molar-refractivity contribution < 1.29 is 4.79 Å². The summed E-state index contributed by atoms with van der Waals surface area (Å²) in [5.74, 6) is -0.101. The van der Waals surface area contributed by atoms with Crippen LogP contribution in [-0.4, -0.2) is 20.9 Å². The maximum atomic E-state index is 11.9. The average Bonchev–Trinajstić information content (AvgIpc) is 2.69. The van der Waals surface area contributed by atoms with E-state index in [1.807, 2.05) is 39.0 Å². The van der Waals surface area contributed by atoms with Crippen LogP contribution < -0.4 is 5.32 Å². The molecule has 0 saturated carbocycles. The Morgan fingerprint density at radius 1 is 1.33 bits per heavy atom. The third-order valence-corrected chi connectivity index (χ3v) is 2.76. The number of hydrogen-bond acceptors (Lipinski definition) is 3. The van der Waals surface area contributed by atoms with Crippen LogP contribution in [0.3, 0.4) is 0 Å². The van der Waals surface area contributed by atoms with Crippen molar-refractivity contribution in [2.75, 3.05) is 5.32 Å². The lowest BCUT2D eigenvalue weighted by molar-refractivity contribution is -0.117. The van der Waals surface area contributed by atoms with E-state index in [1.54, 1.807) is 10.9 Å². The molecule has 0 aliphatic heterocycles. The number of rotatable bonds is 3. The molecule has 1 amide bonds. The predicted molar refractivity (Wildman–Crippen MR) is 69.3 cm³/mol. The van der Waals surface area contributed by atoms with Gasteiger partial charge in [-0.2, -0.15) is 0 Å². The summed E-state index contributed by atoms with van der Waals surface area (Å²) in [6.45, 7) is 6.05. The second kappa shape index (κ2) is 5.00. The molecular formula is C13H16N4O. The highest BCUT2D eigenvalue weighted by molar-refractivity contribution is 5.91. The Labute approximate surface area is 106 Å². The van der Waals surface area contributed by atoms with Crippen molar-refractivity contribution in [2.24, 2.45) is 0 Å². The Hall–Kier alpha value is -2.17. The standard InChI is InChI=1S/C13H16N4O/c1-9-4-5-12(10(2)6-9)15-13(18)8-17-11(3)7-14-16-17/h4-7H,8H2,1-3H3,(H,15,18). The van der Waals surface area contributed by atoms with E-state index < -0.39 is 0 Å². The van der Waals surface area contributed by atoms with Crippen LogP contribution in [0.2, 0.25) is 0 Å². The van der Waals surface area contributed by atoms with Gasteiger partial charge in [-0.15, -0.1) is 5.10 Å². The first-order valence-corrected chi connectivity index (χ1v) is 5.78. The van der Waals surface area contributed by atoms with Gasteiger partial charge in [0.1, 0.15) is 6.54 Å². The number of aromatic nitrogens is 3. The molecule has 0 unspecified atom stereocenters. The predicted octanol–water partition coefficient (Wildman–Crippen LogP) is 1.84. The molecule has 94 valence electrons. The lowest BCUT2D eigenvalue weighted by Crippen LogP contribution is -2.20. The van der Waals surface area contributed by atoms with Crippen molar-refractivity contribution in [1.82, 2.24) is 15.0 Å². The van der Waals surface area contributed by atoms with Crippen LogP contribution in [-0.2, 0) is 11.3 Å². The number of aryl methyl sites for hydroxylation is 3. The third-order valence-electron chi connectivity index (χ3n) is 2.76. The first-order valence-electron chi connectivity index (χ1n) is 5.78. The highest BCUT2D eigenvalue weighted by Gasteiger charge is 2.07. The van der Waals surface area contributed by atoms with Crippen molar-refractivity contribution >= 4 is 11.6 Å². The van der Waals surface area contributed by atoms with Gasteiger partial charge >= 0.3 is 0 Å². The van der Waals surface area contributed by atoms with E-state index in [4.69, 9.17) is 0 Å². The fraction of sp³-hybridized carbons (Fsp3) is 0.308. The van der Waals surface area contributed by atoms with Gasteiger partial charge in [0, 0.05) is 5.69 Å². The maximum Gasteiger partial charge on any atom is 0.246 e. The molecule has 0 aliphatic carbocycles. The van der Waals surface area contributed by atoms with Crippen LogP contribution in [0.15, 0.2) is 24.4 Å². The molecule has 2 rings (SSSR count). The van der Waals surface area contributed by atoms with Gasteiger partial charge in [-0.1, -0.05) is 22.9 Å². The zero-order chi connectivity index (χ0) is 13.1. The number of hydrogen-bond donors (Lipinski definition) is 1. The number of amides is 1. The molecule has 1 N–H and O–H groups in total. The van der Waals surface area contributed by atoms with Crippen LogP contribution in [0.5, 0.6) is 0 Å². The second-order valence-electron chi connectivity index (χ2n) is 4.40. The molecule has 1 aromatic carbocycles. The maximum absolute atomic E-state index is 11.9. The molecule has 0 aliphatic rings. The fourth-order valence-electron chi connectivity index (χ4n) is 1.74. The Morgan fingerprint density at radius 3 is 2.72 bits per heavy atom. The van der Waals surface area contributed by atoms with Gasteiger partial charge in [-0.25, -0.2) is 4.68 Å². The molecule has 1 aromatic heterocycles. The van der Waals surface area contributed by atoms with E-state index in [2.05, 4.69) is 15.6 Å². The third kappa shape index (κ3) is 2.74. The van der Waals surface area contributed by atoms with Crippen LogP contribution in [0.4, 0.5) is 5.69 Å². The Balaban J connectivity index is 2.05. The molecule has 1 heterocycles. The van der Waals surface area contributed by atoms with Crippen molar-refractivity contribution in [3.63, 3.8) is 0 Å². The number of benzene rings is 1. The summed E-state index contributed by atoms with van der Waals surface area (Å²) in [5.41, 5.74) is 3.94. The van der Waals surface area contributed by atoms with E-state index >= 15 is 0 Å². The van der Waals surface area contributed by atoms with Gasteiger partial charge in [-0.05, 0) is 32.4 Å². The monoisotopic (exact) mass is 244 g/mol. The molecule has 0 saturated heterocycles. The molecular weight excluding hydrogens is 228 g/mol. The summed E-state index contributed by atoms with van der Waals surface area (Å²) in [6.07, 6.45) is 1.63. The molecule has 5 nitrogen and oxygen atoms in total. The normalized spacial score (nSPS) is 10.4. The first kappa shape index (κ1) is 12.3. The second-order valence-corrected chi connectivity index (χ2v) is 4.40. The van der Waals surface area contributed by atoms with Crippen molar-refractivity contribution in [2.45, 2.75) is 27.3 Å². The van der Waals surface area contributed by atoms with Gasteiger partial charge < -0.3 is 5.32 Å². The Kier molecular flexibility index (Phi) is 3.41. The number of carbonyl (C=O) groups is 1. The molecule has 0 spiro atoms. The minimum atomic E-state index is -0.101. The molecule has 0 bridgehead atoms. The van der Waals surface area contributed by atoms with E-state index in [0.717, 1.165) is 16.9 Å². The number of anilines is 1. The van der Waals surface area contributed by atoms with Crippen LogP contribution in [0, 0.1) is 20.8 Å². The summed E-state index contributed by atoms with van der Waals surface area (Å²) < 4.78 is 1.57. The van der Waals surface area contributed by atoms with Crippen molar-refractivity contribution in [3.05, 3.63) is 41.2 Å². The van der Waals surface area contributed by atoms with Crippen molar-refractivity contribution in [3.8, 4) is 0 Å². The fourth-order valence-corrected chi connectivity index (χ4v) is 1.74. The summed E-state index contributed by atoms with van der Waals surface area (Å²) in [4.78, 5) is 11.9.